The van der Waals surface area contributed by atoms with Gasteiger partial charge in [-0.1, -0.05) is 6.07 Å². The molecule has 0 radical (unpaired) electrons. The molecule has 0 atom stereocenters. The Balaban J connectivity index is 1.94. The Bertz CT molecular complexity index is 562. The first-order valence-electron chi connectivity index (χ1n) is 5.97. The number of ether oxygens (including phenoxy) is 1. The summed E-state index contributed by atoms with van der Waals surface area (Å²) in [6, 6.07) is 4.25. The second kappa shape index (κ2) is 5.02. The van der Waals surface area contributed by atoms with Gasteiger partial charge >= 0.3 is 0 Å². The van der Waals surface area contributed by atoms with E-state index < -0.39 is 0 Å². The van der Waals surface area contributed by atoms with Crippen molar-refractivity contribution in [3.05, 3.63) is 21.3 Å². The Labute approximate surface area is 119 Å². The van der Waals surface area contributed by atoms with E-state index in [-0.39, 0.29) is 0 Å². The molecule has 0 amide bonds. The van der Waals surface area contributed by atoms with Crippen LogP contribution < -0.4 is 5.73 Å². The molecule has 96 valence electrons. The van der Waals surface area contributed by atoms with E-state index in [2.05, 4.69) is 49.8 Å². The van der Waals surface area contributed by atoms with Gasteiger partial charge in [0.05, 0.1) is 24.1 Å². The fourth-order valence-corrected chi connectivity index (χ4v) is 3.03. The van der Waals surface area contributed by atoms with Gasteiger partial charge in [0.15, 0.2) is 5.82 Å². The second-order valence-electron chi connectivity index (χ2n) is 4.45. The van der Waals surface area contributed by atoms with Crippen molar-refractivity contribution in [2.24, 2.45) is 0 Å². The minimum Gasteiger partial charge on any atom is -0.382 e. The van der Waals surface area contributed by atoms with Crippen LogP contribution in [0.1, 0.15) is 5.56 Å². The van der Waals surface area contributed by atoms with Crippen molar-refractivity contribution >= 4 is 39.3 Å². The summed E-state index contributed by atoms with van der Waals surface area (Å²) in [5, 5.41) is 8.21. The molecule has 0 spiro atoms. The SMILES string of the molecule is Nc1n[nH]c2c(CN3CCOCC3)ccc(I)c12. The van der Waals surface area contributed by atoms with Crippen LogP contribution >= 0.6 is 22.6 Å². The lowest BCUT2D eigenvalue weighted by atomic mass is 10.1. The molecule has 1 saturated heterocycles. The maximum atomic E-state index is 5.90. The lowest BCUT2D eigenvalue weighted by Gasteiger charge is -2.26. The van der Waals surface area contributed by atoms with Crippen LogP contribution in [0.5, 0.6) is 0 Å². The Kier molecular flexibility index (Phi) is 3.40. The zero-order chi connectivity index (χ0) is 12.5. The Morgan fingerprint density at radius 2 is 2.17 bits per heavy atom. The van der Waals surface area contributed by atoms with Gasteiger partial charge in [0.2, 0.25) is 0 Å². The van der Waals surface area contributed by atoms with Crippen molar-refractivity contribution in [1.29, 1.82) is 0 Å². The number of anilines is 1. The number of morpholine rings is 1. The number of aromatic nitrogens is 2. The molecule has 1 aromatic carbocycles. The average molecular weight is 358 g/mol. The van der Waals surface area contributed by atoms with Crippen molar-refractivity contribution in [3.8, 4) is 0 Å². The summed E-state index contributed by atoms with van der Waals surface area (Å²) in [5.74, 6) is 0.582. The lowest BCUT2D eigenvalue weighted by Crippen LogP contribution is -2.35. The van der Waals surface area contributed by atoms with Gasteiger partial charge in [-0.25, -0.2) is 0 Å². The molecule has 1 aliphatic rings. The molecule has 0 saturated carbocycles. The van der Waals surface area contributed by atoms with Gasteiger partial charge in [0.25, 0.3) is 0 Å². The van der Waals surface area contributed by atoms with Gasteiger partial charge in [-0.2, -0.15) is 5.10 Å². The summed E-state index contributed by atoms with van der Waals surface area (Å²) >= 11 is 2.29. The number of nitrogens with zero attached hydrogens (tertiary/aromatic N) is 2. The summed E-state index contributed by atoms with van der Waals surface area (Å²) in [6.07, 6.45) is 0. The van der Waals surface area contributed by atoms with Gasteiger partial charge in [0.1, 0.15) is 0 Å². The average Bonchev–Trinajstić information content (AvgIpc) is 2.78. The zero-order valence-electron chi connectivity index (χ0n) is 9.95. The number of hydrogen-bond donors (Lipinski definition) is 2. The van der Waals surface area contributed by atoms with E-state index in [0.29, 0.717) is 5.82 Å². The minimum absolute atomic E-state index is 0.582. The van der Waals surface area contributed by atoms with Crippen molar-refractivity contribution in [1.82, 2.24) is 15.1 Å². The molecule has 6 heteroatoms. The van der Waals surface area contributed by atoms with E-state index in [4.69, 9.17) is 10.5 Å². The van der Waals surface area contributed by atoms with Gasteiger partial charge in [-0.15, -0.1) is 0 Å². The van der Waals surface area contributed by atoms with Gasteiger partial charge < -0.3 is 10.5 Å². The third-order valence-corrected chi connectivity index (χ3v) is 4.18. The molecular weight excluding hydrogens is 343 g/mol. The summed E-state index contributed by atoms with van der Waals surface area (Å²) < 4.78 is 6.50. The van der Waals surface area contributed by atoms with Crippen molar-refractivity contribution in [2.75, 3.05) is 32.0 Å². The second-order valence-corrected chi connectivity index (χ2v) is 5.62. The third kappa shape index (κ3) is 2.19. The molecule has 0 aliphatic carbocycles. The van der Waals surface area contributed by atoms with Crippen LogP contribution in [0.2, 0.25) is 0 Å². The molecule has 5 nitrogen and oxygen atoms in total. The molecule has 18 heavy (non-hydrogen) atoms. The normalized spacial score (nSPS) is 17.4. The standard InChI is InChI=1S/C12H15IN4O/c13-9-2-1-8(7-17-3-5-18-6-4-17)11-10(9)12(14)16-15-11/h1-2H,3-7H2,(H3,14,15,16). The smallest absolute Gasteiger partial charge is 0.154 e. The Morgan fingerprint density at radius 3 is 2.94 bits per heavy atom. The number of halogens is 1. The predicted molar refractivity (Wildman–Crippen MR) is 79.3 cm³/mol. The number of nitrogen functional groups attached to an aromatic ring is 1. The fourth-order valence-electron chi connectivity index (χ4n) is 2.30. The van der Waals surface area contributed by atoms with Gasteiger partial charge in [-0.05, 0) is 34.2 Å². The highest BCUT2D eigenvalue weighted by Crippen LogP contribution is 2.27. The Hall–Kier alpha value is -0.860. The summed E-state index contributed by atoms with van der Waals surface area (Å²) in [7, 11) is 0. The van der Waals surface area contributed by atoms with E-state index in [0.717, 1.165) is 47.3 Å². The Morgan fingerprint density at radius 1 is 1.39 bits per heavy atom. The van der Waals surface area contributed by atoms with Crippen LogP contribution in [0, 0.1) is 3.57 Å². The van der Waals surface area contributed by atoms with Crippen molar-refractivity contribution in [2.45, 2.75) is 6.54 Å². The highest BCUT2D eigenvalue weighted by atomic mass is 127. The monoisotopic (exact) mass is 358 g/mol. The molecular formula is C12H15IN4O. The maximum Gasteiger partial charge on any atom is 0.154 e. The largest absolute Gasteiger partial charge is 0.382 e. The van der Waals surface area contributed by atoms with E-state index in [1.54, 1.807) is 0 Å². The number of benzene rings is 1. The molecule has 1 aromatic heterocycles. The summed E-state index contributed by atoms with van der Waals surface area (Å²) in [5.41, 5.74) is 8.21. The number of nitrogens with two attached hydrogens (primary N) is 1. The topological polar surface area (TPSA) is 67.2 Å². The molecule has 2 heterocycles. The number of hydrogen-bond acceptors (Lipinski definition) is 4. The van der Waals surface area contributed by atoms with E-state index >= 15 is 0 Å². The highest BCUT2D eigenvalue weighted by Gasteiger charge is 2.15. The van der Waals surface area contributed by atoms with Crippen LogP contribution in [0.25, 0.3) is 10.9 Å². The number of fused-ring (bicyclic) bond motifs is 1. The summed E-state index contributed by atoms with van der Waals surface area (Å²) in [4.78, 5) is 2.39. The minimum atomic E-state index is 0.582. The molecule has 3 rings (SSSR count). The van der Waals surface area contributed by atoms with Crippen molar-refractivity contribution < 1.29 is 4.74 Å². The van der Waals surface area contributed by atoms with E-state index in [9.17, 15) is 0 Å². The molecule has 3 N–H and O–H groups in total. The highest BCUT2D eigenvalue weighted by molar-refractivity contribution is 14.1. The zero-order valence-corrected chi connectivity index (χ0v) is 12.1. The third-order valence-electron chi connectivity index (χ3n) is 3.28. The van der Waals surface area contributed by atoms with E-state index in [1.165, 1.54) is 5.56 Å². The van der Waals surface area contributed by atoms with Crippen LogP contribution in [-0.2, 0) is 11.3 Å². The van der Waals surface area contributed by atoms with Gasteiger partial charge in [-0.3, -0.25) is 10.00 Å². The van der Waals surface area contributed by atoms with Crippen LogP contribution in [0.4, 0.5) is 5.82 Å². The first-order valence-corrected chi connectivity index (χ1v) is 7.04. The molecule has 0 bridgehead atoms. The fraction of sp³-hybridized carbons (Fsp3) is 0.417. The maximum absolute atomic E-state index is 5.90. The van der Waals surface area contributed by atoms with E-state index in [1.807, 2.05) is 0 Å². The van der Waals surface area contributed by atoms with Crippen molar-refractivity contribution in [3.63, 3.8) is 0 Å². The number of H-pyrrole nitrogens is 1. The molecule has 2 aromatic rings. The number of nitrogens with one attached hydrogen (secondary N) is 1. The number of aromatic amines is 1. The first kappa shape index (κ1) is 12.2. The molecule has 1 fully saturated rings. The van der Waals surface area contributed by atoms with Crippen LogP contribution in [-0.4, -0.2) is 41.4 Å². The van der Waals surface area contributed by atoms with Gasteiger partial charge in [0, 0.05) is 23.2 Å². The van der Waals surface area contributed by atoms with Crippen LogP contribution in [0.15, 0.2) is 12.1 Å². The predicted octanol–water partition coefficient (Wildman–Crippen LogP) is 1.58. The number of rotatable bonds is 2. The lowest BCUT2D eigenvalue weighted by molar-refractivity contribution is 0.0343. The quantitative estimate of drug-likeness (QED) is 0.800. The molecule has 1 aliphatic heterocycles. The molecule has 0 unspecified atom stereocenters. The first-order chi connectivity index (χ1) is 8.75. The van der Waals surface area contributed by atoms with Crippen LogP contribution in [0.3, 0.4) is 0 Å². The summed E-state index contributed by atoms with van der Waals surface area (Å²) in [6.45, 7) is 4.52.